The monoisotopic (exact) mass is 729 g/mol. The molecule has 7 nitrogen and oxygen atoms in total. The number of hydrogen-bond acceptors (Lipinski definition) is 4. The van der Waals surface area contributed by atoms with E-state index in [2.05, 4.69) is 5.32 Å². The van der Waals surface area contributed by atoms with Crippen molar-refractivity contribution in [2.75, 3.05) is 19.6 Å². The fourth-order valence-corrected chi connectivity index (χ4v) is 6.50. The molecule has 0 spiro atoms. The summed E-state index contributed by atoms with van der Waals surface area (Å²) in [7, 11) is 0. The van der Waals surface area contributed by atoms with Crippen LogP contribution in [-0.4, -0.2) is 46.1 Å². The Labute approximate surface area is 289 Å². The van der Waals surface area contributed by atoms with Crippen LogP contribution < -0.4 is 10.9 Å². The zero-order valence-electron chi connectivity index (χ0n) is 28.7. The normalized spacial score (nSPS) is 15.1. The van der Waals surface area contributed by atoms with Crippen molar-refractivity contribution in [3.8, 4) is 11.1 Å². The smallest absolute Gasteiger partial charge is 0.416 e. The standard InChI is InChI=1S/C36H39F8N3O4/c1-18(2)13-27(47-17-22(9-12-46-10-6-11-46)25(15-28(47)48)36(42,43)44)34(51)45-26(16-29(49)50)31-32(37)20(4)14-23(33(31)38)30-19(3)7-8-24(21(30)5)35(39,40)41/h7-8,14-15,17-18,26-27H,6,9-13,16H2,1-5H3,(H,45,51)(H,49,50). The van der Waals surface area contributed by atoms with Crippen LogP contribution in [0.3, 0.4) is 0 Å². The Hall–Kier alpha value is -4.27. The number of hydrogen-bond donors (Lipinski definition) is 2. The van der Waals surface area contributed by atoms with Crippen molar-refractivity contribution < 1.29 is 49.8 Å². The van der Waals surface area contributed by atoms with Crippen LogP contribution in [0.2, 0.25) is 0 Å². The molecule has 2 unspecified atom stereocenters. The van der Waals surface area contributed by atoms with Crippen molar-refractivity contribution in [2.45, 2.75) is 84.7 Å². The second kappa shape index (κ2) is 15.1. The number of aliphatic carboxylic acids is 1. The van der Waals surface area contributed by atoms with E-state index in [1.165, 1.54) is 13.8 Å². The molecule has 0 aliphatic carbocycles. The summed E-state index contributed by atoms with van der Waals surface area (Å²) in [5.41, 5.74) is -5.65. The minimum absolute atomic E-state index is 0.0936. The Morgan fingerprint density at radius 1 is 0.922 bits per heavy atom. The van der Waals surface area contributed by atoms with Gasteiger partial charge in [0.2, 0.25) is 5.91 Å². The third-order valence-electron chi connectivity index (χ3n) is 9.16. The number of amides is 1. The highest BCUT2D eigenvalue weighted by Crippen LogP contribution is 2.41. The van der Waals surface area contributed by atoms with Crippen LogP contribution in [0.5, 0.6) is 0 Å². The van der Waals surface area contributed by atoms with Crippen molar-refractivity contribution in [3.05, 3.63) is 91.4 Å². The van der Waals surface area contributed by atoms with E-state index in [-0.39, 0.29) is 53.1 Å². The molecule has 1 fully saturated rings. The largest absolute Gasteiger partial charge is 0.481 e. The third kappa shape index (κ3) is 8.79. The molecule has 278 valence electrons. The highest BCUT2D eigenvalue weighted by Gasteiger charge is 2.38. The number of carboxylic acids is 1. The van der Waals surface area contributed by atoms with Gasteiger partial charge in [-0.3, -0.25) is 14.4 Å². The minimum Gasteiger partial charge on any atom is -0.481 e. The number of aromatic nitrogens is 1. The van der Waals surface area contributed by atoms with Gasteiger partial charge >= 0.3 is 18.3 Å². The molecule has 1 aliphatic rings. The van der Waals surface area contributed by atoms with E-state index >= 15 is 8.78 Å². The predicted molar refractivity (Wildman–Crippen MR) is 173 cm³/mol. The fourth-order valence-electron chi connectivity index (χ4n) is 6.50. The first-order valence-corrected chi connectivity index (χ1v) is 16.3. The molecular weight excluding hydrogens is 690 g/mol. The van der Waals surface area contributed by atoms with Gasteiger partial charge in [-0.2, -0.15) is 26.3 Å². The molecule has 3 aromatic rings. The average Bonchev–Trinajstić information content (AvgIpc) is 2.96. The Morgan fingerprint density at radius 2 is 1.55 bits per heavy atom. The summed E-state index contributed by atoms with van der Waals surface area (Å²) in [5, 5.41) is 12.1. The van der Waals surface area contributed by atoms with Crippen LogP contribution in [0.15, 0.2) is 35.3 Å². The number of rotatable bonds is 12. The first-order chi connectivity index (χ1) is 23.6. The Kier molecular flexibility index (Phi) is 11.7. The molecule has 15 heteroatoms. The van der Waals surface area contributed by atoms with E-state index in [4.69, 9.17) is 0 Å². The zero-order chi connectivity index (χ0) is 38.2. The van der Waals surface area contributed by atoms with Gasteiger partial charge in [-0.05, 0) is 99.0 Å². The van der Waals surface area contributed by atoms with Crippen LogP contribution >= 0.6 is 0 Å². The molecule has 2 atom stereocenters. The number of alkyl halides is 6. The van der Waals surface area contributed by atoms with Crippen molar-refractivity contribution in [3.63, 3.8) is 0 Å². The first-order valence-electron chi connectivity index (χ1n) is 16.3. The number of nitrogens with zero attached hydrogens (tertiary/aromatic N) is 2. The summed E-state index contributed by atoms with van der Waals surface area (Å²) in [4.78, 5) is 41.1. The lowest BCUT2D eigenvalue weighted by atomic mass is 9.87. The Balaban J connectivity index is 1.84. The highest BCUT2D eigenvalue weighted by molar-refractivity contribution is 5.82. The topological polar surface area (TPSA) is 91.6 Å². The maximum atomic E-state index is 16.5. The average molecular weight is 730 g/mol. The molecule has 1 aromatic heterocycles. The number of pyridine rings is 1. The van der Waals surface area contributed by atoms with Gasteiger partial charge in [0.15, 0.2) is 0 Å². The molecule has 1 aliphatic heterocycles. The highest BCUT2D eigenvalue weighted by atomic mass is 19.4. The molecule has 1 amide bonds. The van der Waals surface area contributed by atoms with Crippen LogP contribution in [0.1, 0.15) is 84.1 Å². The number of carbonyl (C=O) groups excluding carboxylic acids is 1. The van der Waals surface area contributed by atoms with Crippen LogP contribution in [0.25, 0.3) is 11.1 Å². The van der Waals surface area contributed by atoms with E-state index in [0.29, 0.717) is 19.2 Å². The lowest BCUT2D eigenvalue weighted by molar-refractivity contribution is -0.139. The van der Waals surface area contributed by atoms with Gasteiger partial charge in [-0.15, -0.1) is 0 Å². The van der Waals surface area contributed by atoms with E-state index in [1.807, 2.05) is 4.90 Å². The Bertz CT molecular complexity index is 1860. The third-order valence-corrected chi connectivity index (χ3v) is 9.16. The molecule has 2 aromatic carbocycles. The van der Waals surface area contributed by atoms with E-state index in [9.17, 15) is 45.8 Å². The van der Waals surface area contributed by atoms with E-state index < -0.39 is 82.2 Å². The van der Waals surface area contributed by atoms with Crippen LogP contribution in [0.4, 0.5) is 35.1 Å². The van der Waals surface area contributed by atoms with Gasteiger partial charge in [0, 0.05) is 29.9 Å². The zero-order valence-corrected chi connectivity index (χ0v) is 28.7. The van der Waals surface area contributed by atoms with Crippen molar-refractivity contribution in [2.24, 2.45) is 5.92 Å². The summed E-state index contributed by atoms with van der Waals surface area (Å²) >= 11 is 0. The molecule has 2 N–H and O–H groups in total. The van der Waals surface area contributed by atoms with Crippen molar-refractivity contribution in [1.29, 1.82) is 0 Å². The molecule has 1 saturated heterocycles. The van der Waals surface area contributed by atoms with Gasteiger partial charge in [0.1, 0.15) is 17.7 Å². The fraction of sp³-hybridized carbons (Fsp3) is 0.472. The molecular formula is C36H39F8N3O4. The maximum absolute atomic E-state index is 16.5. The van der Waals surface area contributed by atoms with Gasteiger partial charge < -0.3 is 19.9 Å². The van der Waals surface area contributed by atoms with Gasteiger partial charge in [-0.25, -0.2) is 8.78 Å². The molecule has 4 rings (SSSR count). The molecule has 2 heterocycles. The second-order valence-corrected chi connectivity index (χ2v) is 13.4. The number of benzene rings is 2. The number of likely N-dealkylation sites (tertiary alicyclic amines) is 1. The maximum Gasteiger partial charge on any atom is 0.416 e. The van der Waals surface area contributed by atoms with Crippen molar-refractivity contribution in [1.82, 2.24) is 14.8 Å². The number of carbonyl (C=O) groups is 2. The van der Waals surface area contributed by atoms with Crippen LogP contribution in [-0.2, 0) is 28.4 Å². The molecule has 0 saturated carbocycles. The van der Waals surface area contributed by atoms with E-state index in [0.717, 1.165) is 42.3 Å². The lowest BCUT2D eigenvalue weighted by Gasteiger charge is -2.31. The number of nitrogens with one attached hydrogen (secondary N) is 1. The summed E-state index contributed by atoms with van der Waals surface area (Å²) < 4.78 is 117. The number of aryl methyl sites for hydroxylation is 2. The van der Waals surface area contributed by atoms with Gasteiger partial charge in [-0.1, -0.05) is 19.9 Å². The SMILES string of the molecule is Cc1cc(-c2c(C)ccc(C(F)(F)F)c2C)c(F)c(C(CC(=O)O)NC(=O)C(CC(C)C)n2cc(CCN3CCC3)c(C(F)(F)F)cc2=O)c1F. The first kappa shape index (κ1) is 39.5. The Morgan fingerprint density at radius 3 is 2.08 bits per heavy atom. The molecule has 0 radical (unpaired) electrons. The van der Waals surface area contributed by atoms with Gasteiger partial charge in [0.05, 0.1) is 23.6 Å². The molecule has 51 heavy (non-hydrogen) atoms. The number of halogens is 8. The summed E-state index contributed by atoms with van der Waals surface area (Å²) in [6.45, 7) is 8.74. The summed E-state index contributed by atoms with van der Waals surface area (Å²) in [6, 6.07) is -0.130. The molecule has 0 bridgehead atoms. The van der Waals surface area contributed by atoms with Crippen LogP contribution in [0, 0.1) is 38.3 Å². The van der Waals surface area contributed by atoms with E-state index in [1.54, 1.807) is 13.8 Å². The quantitative estimate of drug-likeness (QED) is 0.185. The summed E-state index contributed by atoms with van der Waals surface area (Å²) in [6.07, 6.45) is -9.15. The lowest BCUT2D eigenvalue weighted by Crippen LogP contribution is -2.41. The predicted octanol–water partition coefficient (Wildman–Crippen LogP) is 7.92. The number of carboxylic acid groups (broad SMARTS) is 1. The summed E-state index contributed by atoms with van der Waals surface area (Å²) in [5.74, 6) is -5.71. The van der Waals surface area contributed by atoms with Crippen molar-refractivity contribution >= 4 is 11.9 Å². The van der Waals surface area contributed by atoms with Gasteiger partial charge in [0.25, 0.3) is 5.56 Å². The minimum atomic E-state index is -4.88. The second-order valence-electron chi connectivity index (χ2n) is 13.4.